The highest BCUT2D eigenvalue weighted by Crippen LogP contribution is 1.93. The van der Waals surface area contributed by atoms with Crippen molar-refractivity contribution in [2.75, 3.05) is 26.4 Å². The Morgan fingerprint density at radius 3 is 2.62 bits per heavy atom. The van der Waals surface area contributed by atoms with Crippen molar-refractivity contribution in [3.05, 3.63) is 0 Å². The molecule has 0 bridgehead atoms. The average Bonchev–Trinajstić information content (AvgIpc) is 2.24. The fourth-order valence-electron chi connectivity index (χ4n) is 1.16. The molecule has 0 rings (SSSR count). The zero-order valence-corrected chi connectivity index (χ0v) is 10.8. The van der Waals surface area contributed by atoms with Crippen molar-refractivity contribution in [3.8, 4) is 0 Å². The first-order chi connectivity index (χ1) is 7.66. The standard InChI is InChI=1S/C12H25NO3/c1-4-8-15-9-10-16-12(14)6-5-7-13-11(2)3/h11,13H,4-10H2,1-3H3. The van der Waals surface area contributed by atoms with Crippen LogP contribution in [0, 0.1) is 0 Å². The van der Waals surface area contributed by atoms with Gasteiger partial charge in [-0.3, -0.25) is 4.79 Å². The Morgan fingerprint density at radius 1 is 1.25 bits per heavy atom. The third-order valence-electron chi connectivity index (χ3n) is 1.95. The molecule has 0 saturated carbocycles. The second-order valence-corrected chi connectivity index (χ2v) is 4.05. The molecule has 0 radical (unpaired) electrons. The number of hydrogen-bond acceptors (Lipinski definition) is 4. The van der Waals surface area contributed by atoms with Gasteiger partial charge in [-0.1, -0.05) is 20.8 Å². The Bertz CT molecular complexity index is 172. The maximum absolute atomic E-state index is 11.2. The molecule has 0 aromatic rings. The molecule has 16 heavy (non-hydrogen) atoms. The summed E-state index contributed by atoms with van der Waals surface area (Å²) < 4.78 is 10.2. The van der Waals surface area contributed by atoms with Gasteiger partial charge in [0.25, 0.3) is 0 Å². The van der Waals surface area contributed by atoms with Crippen molar-refractivity contribution in [1.82, 2.24) is 5.32 Å². The van der Waals surface area contributed by atoms with E-state index in [-0.39, 0.29) is 5.97 Å². The van der Waals surface area contributed by atoms with Crippen LogP contribution in [0.5, 0.6) is 0 Å². The first-order valence-corrected chi connectivity index (χ1v) is 6.13. The summed E-state index contributed by atoms with van der Waals surface area (Å²) in [5.74, 6) is -0.134. The van der Waals surface area contributed by atoms with Crippen LogP contribution in [0.1, 0.15) is 40.0 Å². The summed E-state index contributed by atoms with van der Waals surface area (Å²) in [5, 5.41) is 3.25. The number of carbonyl (C=O) groups excluding carboxylic acids is 1. The van der Waals surface area contributed by atoms with Crippen LogP contribution in [-0.4, -0.2) is 38.4 Å². The topological polar surface area (TPSA) is 47.6 Å². The predicted octanol–water partition coefficient (Wildman–Crippen LogP) is 1.73. The minimum Gasteiger partial charge on any atom is -0.463 e. The van der Waals surface area contributed by atoms with Crippen LogP contribution in [0.3, 0.4) is 0 Å². The fourth-order valence-corrected chi connectivity index (χ4v) is 1.16. The van der Waals surface area contributed by atoms with Crippen LogP contribution in [0.4, 0.5) is 0 Å². The fraction of sp³-hybridized carbons (Fsp3) is 0.917. The molecule has 0 heterocycles. The molecule has 0 aliphatic rings. The summed E-state index contributed by atoms with van der Waals surface area (Å²) >= 11 is 0. The lowest BCUT2D eigenvalue weighted by molar-refractivity contribution is -0.145. The largest absolute Gasteiger partial charge is 0.463 e. The van der Waals surface area contributed by atoms with Crippen molar-refractivity contribution in [3.63, 3.8) is 0 Å². The molecule has 0 unspecified atom stereocenters. The molecular weight excluding hydrogens is 206 g/mol. The number of rotatable bonds is 10. The number of esters is 1. The Hall–Kier alpha value is -0.610. The molecule has 0 saturated heterocycles. The second-order valence-electron chi connectivity index (χ2n) is 4.05. The normalized spacial score (nSPS) is 10.8. The summed E-state index contributed by atoms with van der Waals surface area (Å²) in [7, 11) is 0. The van der Waals surface area contributed by atoms with E-state index in [0.717, 1.165) is 26.0 Å². The molecule has 0 amide bonds. The van der Waals surface area contributed by atoms with E-state index in [0.29, 0.717) is 25.7 Å². The van der Waals surface area contributed by atoms with Gasteiger partial charge >= 0.3 is 5.97 Å². The Kier molecular flexibility index (Phi) is 10.5. The molecule has 0 aromatic carbocycles. The van der Waals surface area contributed by atoms with Crippen molar-refractivity contribution in [2.45, 2.75) is 46.1 Å². The first kappa shape index (κ1) is 15.4. The van der Waals surface area contributed by atoms with Gasteiger partial charge in [-0.15, -0.1) is 0 Å². The van der Waals surface area contributed by atoms with E-state index >= 15 is 0 Å². The van der Waals surface area contributed by atoms with Crippen molar-refractivity contribution in [1.29, 1.82) is 0 Å². The van der Waals surface area contributed by atoms with Gasteiger partial charge in [0, 0.05) is 19.1 Å². The maximum Gasteiger partial charge on any atom is 0.305 e. The smallest absolute Gasteiger partial charge is 0.305 e. The van der Waals surface area contributed by atoms with Gasteiger partial charge in [0.15, 0.2) is 0 Å². The average molecular weight is 231 g/mol. The molecule has 0 spiro atoms. The van der Waals surface area contributed by atoms with Gasteiger partial charge < -0.3 is 14.8 Å². The molecule has 0 aliphatic carbocycles. The second kappa shape index (κ2) is 10.9. The van der Waals surface area contributed by atoms with Crippen molar-refractivity contribution < 1.29 is 14.3 Å². The van der Waals surface area contributed by atoms with Crippen molar-refractivity contribution in [2.24, 2.45) is 0 Å². The third kappa shape index (κ3) is 11.5. The van der Waals surface area contributed by atoms with E-state index in [1.807, 2.05) is 6.92 Å². The van der Waals surface area contributed by atoms with Gasteiger partial charge in [-0.05, 0) is 19.4 Å². The van der Waals surface area contributed by atoms with Crippen LogP contribution in [0.15, 0.2) is 0 Å². The van der Waals surface area contributed by atoms with E-state index in [2.05, 4.69) is 19.2 Å². The molecule has 96 valence electrons. The minimum atomic E-state index is -0.134. The van der Waals surface area contributed by atoms with Gasteiger partial charge in [-0.2, -0.15) is 0 Å². The summed E-state index contributed by atoms with van der Waals surface area (Å²) in [5.41, 5.74) is 0. The predicted molar refractivity (Wildman–Crippen MR) is 64.4 cm³/mol. The molecule has 0 aliphatic heterocycles. The molecular formula is C12H25NO3. The van der Waals surface area contributed by atoms with Crippen LogP contribution in [0.25, 0.3) is 0 Å². The summed E-state index contributed by atoms with van der Waals surface area (Å²) in [4.78, 5) is 11.2. The van der Waals surface area contributed by atoms with Crippen LogP contribution >= 0.6 is 0 Å². The van der Waals surface area contributed by atoms with E-state index in [1.165, 1.54) is 0 Å². The summed E-state index contributed by atoms with van der Waals surface area (Å²) in [6.07, 6.45) is 2.30. The zero-order valence-electron chi connectivity index (χ0n) is 10.8. The quantitative estimate of drug-likeness (QED) is 0.459. The third-order valence-corrected chi connectivity index (χ3v) is 1.95. The monoisotopic (exact) mass is 231 g/mol. The zero-order chi connectivity index (χ0) is 12.2. The van der Waals surface area contributed by atoms with Gasteiger partial charge in [0.2, 0.25) is 0 Å². The highest BCUT2D eigenvalue weighted by Gasteiger charge is 2.02. The van der Waals surface area contributed by atoms with E-state index in [9.17, 15) is 4.79 Å². The molecule has 0 fully saturated rings. The number of ether oxygens (including phenoxy) is 2. The van der Waals surface area contributed by atoms with Crippen LogP contribution < -0.4 is 5.32 Å². The van der Waals surface area contributed by atoms with Gasteiger partial charge in [-0.25, -0.2) is 0 Å². The van der Waals surface area contributed by atoms with E-state index in [4.69, 9.17) is 9.47 Å². The molecule has 0 atom stereocenters. The minimum absolute atomic E-state index is 0.134. The summed E-state index contributed by atoms with van der Waals surface area (Å²) in [6, 6.07) is 0.471. The summed E-state index contributed by atoms with van der Waals surface area (Å²) in [6.45, 7) is 8.69. The Labute approximate surface area is 98.7 Å². The highest BCUT2D eigenvalue weighted by molar-refractivity contribution is 5.69. The van der Waals surface area contributed by atoms with E-state index in [1.54, 1.807) is 0 Å². The molecule has 4 heteroatoms. The van der Waals surface area contributed by atoms with Gasteiger partial charge in [0.05, 0.1) is 6.61 Å². The van der Waals surface area contributed by atoms with Crippen molar-refractivity contribution >= 4 is 5.97 Å². The lowest BCUT2D eigenvalue weighted by atomic mass is 10.3. The van der Waals surface area contributed by atoms with Crippen LogP contribution in [-0.2, 0) is 14.3 Å². The lowest BCUT2D eigenvalue weighted by Crippen LogP contribution is -2.24. The highest BCUT2D eigenvalue weighted by atomic mass is 16.6. The lowest BCUT2D eigenvalue weighted by Gasteiger charge is -2.08. The van der Waals surface area contributed by atoms with Gasteiger partial charge in [0.1, 0.15) is 6.61 Å². The Morgan fingerprint density at radius 2 is 2.00 bits per heavy atom. The molecule has 4 nitrogen and oxygen atoms in total. The Balaban J connectivity index is 3.18. The maximum atomic E-state index is 11.2. The number of nitrogens with one attached hydrogen (secondary N) is 1. The SMILES string of the molecule is CCCOCCOC(=O)CCCNC(C)C. The van der Waals surface area contributed by atoms with Crippen LogP contribution in [0.2, 0.25) is 0 Å². The molecule has 1 N–H and O–H groups in total. The molecule has 0 aromatic heterocycles. The first-order valence-electron chi connectivity index (χ1n) is 6.13. The van der Waals surface area contributed by atoms with E-state index < -0.39 is 0 Å². The number of hydrogen-bond donors (Lipinski definition) is 1. The number of carbonyl (C=O) groups is 1.